The molecule has 2 nitrogen and oxygen atoms in total. The van der Waals surface area contributed by atoms with Crippen molar-refractivity contribution < 1.29 is 4.39 Å². The molecule has 0 saturated heterocycles. The van der Waals surface area contributed by atoms with Crippen LogP contribution in [0.4, 0.5) is 4.39 Å². The van der Waals surface area contributed by atoms with Gasteiger partial charge in [-0.25, -0.2) is 9.37 Å². The van der Waals surface area contributed by atoms with Gasteiger partial charge >= 0.3 is 0 Å². The van der Waals surface area contributed by atoms with Crippen molar-refractivity contribution in [1.29, 1.82) is 0 Å². The van der Waals surface area contributed by atoms with E-state index in [-0.39, 0.29) is 5.82 Å². The summed E-state index contributed by atoms with van der Waals surface area (Å²) < 4.78 is 13.4. The molecule has 108 valence electrons. The minimum Gasteiger partial charge on any atom is -0.310 e. The Hall–Kier alpha value is -1.26. The highest BCUT2D eigenvalue weighted by atomic mass is 32.1. The molecule has 0 unspecified atom stereocenters. The molecular weight excluding hydrogens is 271 g/mol. The highest BCUT2D eigenvalue weighted by molar-refractivity contribution is 7.15. The van der Waals surface area contributed by atoms with Crippen LogP contribution < -0.4 is 5.32 Å². The van der Waals surface area contributed by atoms with Crippen LogP contribution in [0, 0.1) is 12.7 Å². The molecule has 0 fully saturated rings. The van der Waals surface area contributed by atoms with Crippen LogP contribution in [0.3, 0.4) is 0 Å². The Bertz CT molecular complexity index is 590. The van der Waals surface area contributed by atoms with Crippen LogP contribution in [0.15, 0.2) is 18.2 Å². The number of thiazole rings is 1. The first kappa shape index (κ1) is 15.1. The molecule has 2 rings (SSSR count). The van der Waals surface area contributed by atoms with Gasteiger partial charge in [0.05, 0.1) is 5.69 Å². The van der Waals surface area contributed by atoms with Crippen molar-refractivity contribution >= 4 is 11.3 Å². The van der Waals surface area contributed by atoms with E-state index in [1.165, 1.54) is 10.9 Å². The molecule has 1 N–H and O–H groups in total. The van der Waals surface area contributed by atoms with Gasteiger partial charge in [-0.1, -0.05) is 26.8 Å². The average Bonchev–Trinajstić information content (AvgIpc) is 2.82. The van der Waals surface area contributed by atoms with Gasteiger partial charge in [0.1, 0.15) is 10.8 Å². The fraction of sp³-hybridized carbons (Fsp3) is 0.438. The topological polar surface area (TPSA) is 24.9 Å². The van der Waals surface area contributed by atoms with Gasteiger partial charge in [-0.2, -0.15) is 0 Å². The van der Waals surface area contributed by atoms with Gasteiger partial charge in [0.2, 0.25) is 0 Å². The first-order valence-electron chi connectivity index (χ1n) is 6.99. The summed E-state index contributed by atoms with van der Waals surface area (Å²) in [7, 11) is 0. The third-order valence-electron chi connectivity index (χ3n) is 3.21. The summed E-state index contributed by atoms with van der Waals surface area (Å²) in [6, 6.07) is 5.33. The van der Waals surface area contributed by atoms with Crippen LogP contribution in [0.2, 0.25) is 0 Å². The van der Waals surface area contributed by atoms with Crippen LogP contribution in [0.25, 0.3) is 10.6 Å². The second-order valence-corrected chi connectivity index (χ2v) is 6.32. The zero-order valence-corrected chi connectivity index (χ0v) is 13.3. The van der Waals surface area contributed by atoms with Gasteiger partial charge < -0.3 is 5.32 Å². The SMILES string of the molecule is CCc1nc(-c2cc(F)ccc2C)sc1CNC(C)C. The maximum Gasteiger partial charge on any atom is 0.124 e. The van der Waals surface area contributed by atoms with Crippen LogP contribution in [-0.2, 0) is 13.0 Å². The second-order valence-electron chi connectivity index (χ2n) is 5.24. The van der Waals surface area contributed by atoms with Gasteiger partial charge in [-0.3, -0.25) is 0 Å². The zero-order chi connectivity index (χ0) is 14.7. The first-order valence-corrected chi connectivity index (χ1v) is 7.81. The minimum absolute atomic E-state index is 0.208. The van der Waals surface area contributed by atoms with Crippen LogP contribution in [0.5, 0.6) is 0 Å². The van der Waals surface area contributed by atoms with Crippen LogP contribution in [0.1, 0.15) is 36.9 Å². The van der Waals surface area contributed by atoms with Crippen molar-refractivity contribution in [2.75, 3.05) is 0 Å². The van der Waals surface area contributed by atoms with Crippen molar-refractivity contribution in [3.8, 4) is 10.6 Å². The smallest absolute Gasteiger partial charge is 0.124 e. The summed E-state index contributed by atoms with van der Waals surface area (Å²) in [6.07, 6.45) is 0.903. The zero-order valence-electron chi connectivity index (χ0n) is 12.5. The number of benzene rings is 1. The molecule has 0 aliphatic carbocycles. The predicted octanol–water partition coefficient (Wildman–Crippen LogP) is 4.32. The van der Waals surface area contributed by atoms with Crippen molar-refractivity contribution in [2.45, 2.75) is 46.7 Å². The molecule has 4 heteroatoms. The molecule has 0 atom stereocenters. The normalized spacial score (nSPS) is 11.3. The third kappa shape index (κ3) is 3.44. The van der Waals surface area contributed by atoms with E-state index in [0.29, 0.717) is 6.04 Å². The van der Waals surface area contributed by atoms with Gasteiger partial charge in [-0.15, -0.1) is 11.3 Å². The van der Waals surface area contributed by atoms with Crippen molar-refractivity contribution in [3.63, 3.8) is 0 Å². The molecule has 0 saturated carbocycles. The summed E-state index contributed by atoms with van der Waals surface area (Å²) in [4.78, 5) is 5.94. The molecule has 2 aromatic rings. The standard InChI is InChI=1S/C16H21FN2S/c1-5-14-15(9-18-10(2)3)20-16(19-14)13-8-12(17)7-6-11(13)4/h6-8,10,18H,5,9H2,1-4H3. The molecule has 0 bridgehead atoms. The summed E-state index contributed by atoms with van der Waals surface area (Å²) in [6.45, 7) is 9.19. The third-order valence-corrected chi connectivity index (χ3v) is 4.34. The lowest BCUT2D eigenvalue weighted by molar-refractivity contribution is 0.590. The molecular formula is C16H21FN2S. The van der Waals surface area contributed by atoms with Gasteiger partial charge in [-0.05, 0) is 31.0 Å². The monoisotopic (exact) mass is 292 g/mol. The van der Waals surface area contributed by atoms with E-state index in [1.807, 2.05) is 13.0 Å². The van der Waals surface area contributed by atoms with Crippen molar-refractivity contribution in [2.24, 2.45) is 0 Å². The Kier molecular flexibility index (Phi) is 4.89. The lowest BCUT2D eigenvalue weighted by Gasteiger charge is -2.06. The van der Waals surface area contributed by atoms with Crippen molar-refractivity contribution in [3.05, 3.63) is 40.2 Å². The summed E-state index contributed by atoms with van der Waals surface area (Å²) in [5.41, 5.74) is 3.08. The van der Waals surface area contributed by atoms with E-state index in [9.17, 15) is 4.39 Å². The predicted molar refractivity (Wildman–Crippen MR) is 83.6 cm³/mol. The fourth-order valence-electron chi connectivity index (χ4n) is 2.03. The molecule has 0 amide bonds. The average molecular weight is 292 g/mol. The fourth-order valence-corrected chi connectivity index (χ4v) is 3.22. The highest BCUT2D eigenvalue weighted by Gasteiger charge is 2.13. The van der Waals surface area contributed by atoms with Gasteiger partial charge in [0, 0.05) is 23.0 Å². The second kappa shape index (κ2) is 6.46. The molecule has 0 radical (unpaired) electrons. The Morgan fingerprint density at radius 2 is 2.10 bits per heavy atom. The number of halogens is 1. The van der Waals surface area contributed by atoms with Gasteiger partial charge in [0.15, 0.2) is 0 Å². The number of aromatic nitrogens is 1. The maximum atomic E-state index is 13.4. The highest BCUT2D eigenvalue weighted by Crippen LogP contribution is 2.31. The van der Waals surface area contributed by atoms with Crippen molar-refractivity contribution in [1.82, 2.24) is 10.3 Å². The molecule has 20 heavy (non-hydrogen) atoms. The largest absolute Gasteiger partial charge is 0.310 e. The number of hydrogen-bond donors (Lipinski definition) is 1. The number of nitrogens with one attached hydrogen (secondary N) is 1. The Labute approximate surface area is 124 Å². The molecule has 1 aromatic heterocycles. The Morgan fingerprint density at radius 1 is 1.35 bits per heavy atom. The molecule has 0 spiro atoms. The summed E-state index contributed by atoms with van der Waals surface area (Å²) in [5.74, 6) is -0.208. The molecule has 1 heterocycles. The van der Waals surface area contributed by atoms with E-state index in [4.69, 9.17) is 4.98 Å². The van der Waals surface area contributed by atoms with E-state index in [2.05, 4.69) is 26.1 Å². The van der Waals surface area contributed by atoms with Crippen LogP contribution >= 0.6 is 11.3 Å². The number of rotatable bonds is 5. The molecule has 0 aliphatic rings. The number of nitrogens with zero attached hydrogens (tertiary/aromatic N) is 1. The lowest BCUT2D eigenvalue weighted by Crippen LogP contribution is -2.21. The Morgan fingerprint density at radius 3 is 2.75 bits per heavy atom. The van der Waals surface area contributed by atoms with E-state index < -0.39 is 0 Å². The van der Waals surface area contributed by atoms with E-state index >= 15 is 0 Å². The summed E-state index contributed by atoms with van der Waals surface area (Å²) >= 11 is 1.66. The quantitative estimate of drug-likeness (QED) is 0.888. The number of hydrogen-bond acceptors (Lipinski definition) is 3. The van der Waals surface area contributed by atoms with Crippen LogP contribution in [-0.4, -0.2) is 11.0 Å². The Balaban J connectivity index is 2.35. The molecule has 0 aliphatic heterocycles. The molecule has 1 aromatic carbocycles. The number of aryl methyl sites for hydroxylation is 2. The van der Waals surface area contributed by atoms with E-state index in [0.717, 1.165) is 34.8 Å². The minimum atomic E-state index is -0.208. The van der Waals surface area contributed by atoms with E-state index in [1.54, 1.807) is 17.4 Å². The maximum absolute atomic E-state index is 13.4. The first-order chi connectivity index (χ1) is 9.51. The van der Waals surface area contributed by atoms with Gasteiger partial charge in [0.25, 0.3) is 0 Å². The lowest BCUT2D eigenvalue weighted by atomic mass is 10.1. The summed E-state index contributed by atoms with van der Waals surface area (Å²) in [5, 5.41) is 4.34.